The number of fused-ring (bicyclic) bond motifs is 5. The number of aliphatic hydroxyl groups excluding tert-OH is 2. The maximum absolute atomic E-state index is 13.4. The molecule has 10 nitrogen and oxygen atoms in total. The summed E-state index contributed by atoms with van der Waals surface area (Å²) in [5.74, 6) is 1.10. The van der Waals surface area contributed by atoms with Crippen molar-refractivity contribution in [1.82, 2.24) is 0 Å². The lowest BCUT2D eigenvalue weighted by Crippen LogP contribution is -2.66. The van der Waals surface area contributed by atoms with Gasteiger partial charge in [-0.05, 0) is 73.6 Å². The van der Waals surface area contributed by atoms with Crippen molar-refractivity contribution >= 4 is 22.5 Å². The van der Waals surface area contributed by atoms with Crippen molar-refractivity contribution in [1.29, 1.82) is 0 Å². The number of aromatic hydroxyl groups is 1. The van der Waals surface area contributed by atoms with E-state index in [2.05, 4.69) is 12.0 Å². The van der Waals surface area contributed by atoms with E-state index in [-0.39, 0.29) is 39.9 Å². The summed E-state index contributed by atoms with van der Waals surface area (Å²) in [6.07, 6.45) is -1.29. The minimum atomic E-state index is -1.70. The van der Waals surface area contributed by atoms with Gasteiger partial charge in [0.2, 0.25) is 6.29 Å². The second kappa shape index (κ2) is 12.3. The zero-order valence-electron chi connectivity index (χ0n) is 24.8. The van der Waals surface area contributed by atoms with Crippen LogP contribution in [0, 0.1) is 24.9 Å². The van der Waals surface area contributed by atoms with Gasteiger partial charge in [0, 0.05) is 12.8 Å². The number of carboxylic acid groups (broad SMARTS) is 1. The number of hydrogen-bond donors (Lipinski definition) is 5. The molecule has 236 valence electrons. The Morgan fingerprint density at radius 2 is 1.80 bits per heavy atom. The summed E-state index contributed by atoms with van der Waals surface area (Å²) in [5.41, 5.74) is -0.0774. The number of phenols is 1. The molecule has 1 saturated carbocycles. The van der Waals surface area contributed by atoms with Gasteiger partial charge in [0.25, 0.3) is 0 Å². The monoisotopic (exact) mass is 616 g/mol. The Morgan fingerprint density at radius 3 is 2.51 bits per heavy atom. The van der Waals surface area contributed by atoms with E-state index in [0.717, 1.165) is 5.56 Å². The number of aryl methyl sites for hydroxylation is 2. The second-order valence-corrected chi connectivity index (χ2v) is 12.3. The number of aliphatic hydroxyl groups is 3. The summed E-state index contributed by atoms with van der Waals surface area (Å²) in [6, 6.07) is 13.6. The number of hydrogen-bond acceptors (Lipinski definition) is 9. The summed E-state index contributed by atoms with van der Waals surface area (Å²) in [6.45, 7) is 1.66. The zero-order chi connectivity index (χ0) is 31.9. The average Bonchev–Trinajstić information content (AvgIpc) is 3.02. The van der Waals surface area contributed by atoms with Crippen molar-refractivity contribution in [2.24, 2.45) is 5.92 Å². The number of carbonyl (C=O) groups excluding carboxylic acids is 1. The van der Waals surface area contributed by atoms with Crippen LogP contribution in [0.4, 0.5) is 0 Å². The Hall–Kier alpha value is -4.14. The molecule has 5 N–H and O–H groups in total. The van der Waals surface area contributed by atoms with Crippen LogP contribution in [-0.2, 0) is 15.9 Å². The summed E-state index contributed by atoms with van der Waals surface area (Å²) >= 11 is 0. The molecule has 3 aromatic rings. The lowest BCUT2D eigenvalue weighted by Gasteiger charge is -2.49. The predicted octanol–water partition coefficient (Wildman–Crippen LogP) is 3.86. The number of Topliss-reactive ketones (excluding diaryl/α,β-unsaturated/α-hetero) is 1. The molecule has 45 heavy (non-hydrogen) atoms. The fourth-order valence-electron chi connectivity index (χ4n) is 6.80. The van der Waals surface area contributed by atoms with Crippen molar-refractivity contribution < 1.29 is 49.3 Å². The number of aromatic carboxylic acids is 1. The van der Waals surface area contributed by atoms with E-state index in [9.17, 15) is 35.1 Å². The van der Waals surface area contributed by atoms with Crippen LogP contribution in [0.5, 0.6) is 11.5 Å². The van der Waals surface area contributed by atoms with E-state index in [4.69, 9.17) is 14.2 Å². The highest BCUT2D eigenvalue weighted by Gasteiger charge is 2.56. The van der Waals surface area contributed by atoms with Gasteiger partial charge in [-0.15, -0.1) is 0 Å². The van der Waals surface area contributed by atoms with Crippen LogP contribution in [0.25, 0.3) is 10.8 Å². The molecule has 3 heterocycles. The number of phenolic OH excluding ortho intramolecular Hbond substituents is 1. The molecule has 3 aromatic carbocycles. The molecule has 3 aliphatic heterocycles. The Labute approximate surface area is 260 Å². The summed E-state index contributed by atoms with van der Waals surface area (Å²) in [7, 11) is 0. The van der Waals surface area contributed by atoms with Gasteiger partial charge in [-0.2, -0.15) is 0 Å². The minimum absolute atomic E-state index is 0.0494. The van der Waals surface area contributed by atoms with Gasteiger partial charge in [-0.1, -0.05) is 42.3 Å². The highest BCUT2D eigenvalue weighted by atomic mass is 16.7. The number of ether oxygens (including phenoxy) is 3. The third kappa shape index (κ3) is 5.97. The predicted molar refractivity (Wildman–Crippen MR) is 162 cm³/mol. The van der Waals surface area contributed by atoms with Crippen LogP contribution < -0.4 is 4.74 Å². The first-order valence-corrected chi connectivity index (χ1v) is 15.2. The molecule has 2 fully saturated rings. The van der Waals surface area contributed by atoms with Gasteiger partial charge in [-0.3, -0.25) is 4.79 Å². The van der Waals surface area contributed by atoms with Crippen LogP contribution in [0.15, 0.2) is 48.5 Å². The van der Waals surface area contributed by atoms with Crippen LogP contribution >= 0.6 is 0 Å². The molecule has 0 aromatic heterocycles. The molecule has 10 heteroatoms. The summed E-state index contributed by atoms with van der Waals surface area (Å²) in [5, 5.41) is 55.6. The second-order valence-electron chi connectivity index (χ2n) is 12.3. The van der Waals surface area contributed by atoms with Crippen molar-refractivity contribution in [3.63, 3.8) is 0 Å². The van der Waals surface area contributed by atoms with Crippen LogP contribution in [0.1, 0.15) is 70.4 Å². The van der Waals surface area contributed by atoms with E-state index in [1.165, 1.54) is 12.1 Å². The molecular formula is C35H36O10. The number of carbonyl (C=O) groups is 2. The maximum atomic E-state index is 13.4. The van der Waals surface area contributed by atoms with Gasteiger partial charge in [-0.25, -0.2) is 4.79 Å². The van der Waals surface area contributed by atoms with Gasteiger partial charge in [0.05, 0.1) is 22.1 Å². The topological polar surface area (TPSA) is 163 Å². The first kappa shape index (κ1) is 30.9. The molecule has 1 aliphatic carbocycles. The van der Waals surface area contributed by atoms with Crippen LogP contribution in [0.2, 0.25) is 0 Å². The lowest BCUT2D eigenvalue weighted by molar-refractivity contribution is -0.308. The highest BCUT2D eigenvalue weighted by molar-refractivity contribution is 6.09. The Bertz CT molecular complexity index is 1660. The Kier molecular flexibility index (Phi) is 8.46. The third-order valence-corrected chi connectivity index (χ3v) is 9.33. The van der Waals surface area contributed by atoms with E-state index in [0.29, 0.717) is 50.0 Å². The number of carboxylic acids is 1. The third-order valence-electron chi connectivity index (χ3n) is 9.33. The first-order chi connectivity index (χ1) is 21.6. The molecule has 0 spiro atoms. The van der Waals surface area contributed by atoms with E-state index < -0.39 is 48.0 Å². The van der Waals surface area contributed by atoms with Crippen molar-refractivity contribution in [2.75, 3.05) is 0 Å². The fourth-order valence-corrected chi connectivity index (χ4v) is 6.80. The molecule has 0 radical (unpaired) electrons. The fraction of sp³-hybridized carbons (Fsp3) is 0.429. The Morgan fingerprint density at radius 1 is 1.07 bits per heavy atom. The standard InChI is InChI=1S/C35H36O10/c1-19-16-22-17-23(33(40)41)18-25(27(22)28(37)26(19)24(36)10-9-20-6-3-2-4-7-20)44-34-30(39)29(38)31-32(45-34)35(42)13-11-21(12-14-35)8-5-15-43-31/h2-4,6-7,16-18,21,29-32,34,37-39,42H,8-14H2,1H3,(H,40,41)/t21?,29-,30-,31-,32+,34+,35?/m1/s1. The molecular weight excluding hydrogens is 580 g/mol. The molecule has 4 aliphatic rings. The molecule has 7 rings (SSSR count). The normalized spacial score (nSPS) is 29.2. The largest absolute Gasteiger partial charge is 0.506 e. The van der Waals surface area contributed by atoms with Gasteiger partial charge < -0.3 is 39.7 Å². The first-order valence-electron chi connectivity index (χ1n) is 15.2. The molecule has 0 unspecified atom stereocenters. The van der Waals surface area contributed by atoms with Crippen LogP contribution in [-0.4, -0.2) is 73.6 Å². The van der Waals surface area contributed by atoms with Crippen molar-refractivity contribution in [3.05, 3.63) is 70.8 Å². The summed E-state index contributed by atoms with van der Waals surface area (Å²) in [4.78, 5) is 25.5. The average molecular weight is 617 g/mol. The lowest BCUT2D eigenvalue weighted by atomic mass is 9.72. The van der Waals surface area contributed by atoms with Crippen molar-refractivity contribution in [2.45, 2.75) is 88.2 Å². The number of rotatable bonds is 7. The van der Waals surface area contributed by atoms with Crippen molar-refractivity contribution in [3.8, 4) is 23.5 Å². The minimum Gasteiger partial charge on any atom is -0.506 e. The SMILES string of the molecule is Cc1cc2cc(C(=O)O)cc(O[C@H]3O[C@H]4[C@H](OC#CCC5CCC4(O)CC5)[C@H](O)[C@H]3O)c2c(O)c1C(=O)CCc1ccccc1. The Balaban J connectivity index is 1.37. The number of benzene rings is 3. The van der Waals surface area contributed by atoms with E-state index >= 15 is 0 Å². The highest BCUT2D eigenvalue weighted by Crippen LogP contribution is 2.44. The van der Waals surface area contributed by atoms with Gasteiger partial charge in [0.15, 0.2) is 11.9 Å². The van der Waals surface area contributed by atoms with E-state index in [1.54, 1.807) is 13.0 Å². The zero-order valence-corrected chi connectivity index (χ0v) is 24.8. The number of ketones is 1. The van der Waals surface area contributed by atoms with Gasteiger partial charge >= 0.3 is 5.97 Å². The molecule has 1 saturated heterocycles. The molecule has 2 bridgehead atoms. The quantitative estimate of drug-likeness (QED) is 0.195. The molecule has 0 amide bonds. The van der Waals surface area contributed by atoms with E-state index in [1.807, 2.05) is 30.3 Å². The van der Waals surface area contributed by atoms with Crippen LogP contribution in [0.3, 0.4) is 0 Å². The maximum Gasteiger partial charge on any atom is 0.335 e. The van der Waals surface area contributed by atoms with Gasteiger partial charge in [0.1, 0.15) is 35.9 Å². The summed E-state index contributed by atoms with van der Waals surface area (Å²) < 4.78 is 17.8. The molecule has 5 atom stereocenters. The smallest absolute Gasteiger partial charge is 0.335 e.